The minimum atomic E-state index is 0. The molecule has 0 fully saturated rings. The van der Waals surface area contributed by atoms with Crippen molar-refractivity contribution >= 4 is 0 Å². The van der Waals surface area contributed by atoms with Gasteiger partial charge >= 0.3 is 42.1 Å². The van der Waals surface area contributed by atoms with Gasteiger partial charge in [-0.2, -0.15) is 26.2 Å². The number of azide groups is 1. The number of nitrogens with one attached hydrogen (secondary N) is 4. The third kappa shape index (κ3) is 86.9. The van der Waals surface area contributed by atoms with E-state index >= 15 is 0 Å². The Bertz CT molecular complexity index is 250. The Morgan fingerprint density at radius 1 is 0.531 bits per heavy atom. The summed E-state index contributed by atoms with van der Waals surface area (Å²) in [7, 11) is 0. The maximum atomic E-state index is 7.90. The van der Waals surface area contributed by atoms with Crippen molar-refractivity contribution in [2.45, 2.75) is 77.0 Å². The molecule has 0 rings (SSSR count). The quantitative estimate of drug-likeness (QED) is 0.0675. The van der Waals surface area contributed by atoms with Crippen LogP contribution in [0.5, 0.6) is 0 Å². The summed E-state index contributed by atoms with van der Waals surface area (Å²) in [6.07, 6.45) is 13.0. The first-order chi connectivity index (χ1) is 12.7. The Morgan fingerprint density at radius 3 is 1.06 bits per heavy atom. The van der Waals surface area contributed by atoms with E-state index in [0.717, 1.165) is 70.8 Å². The van der Waals surface area contributed by atoms with E-state index in [2.05, 4.69) is 10.0 Å². The van der Waals surface area contributed by atoms with Gasteiger partial charge in [0.1, 0.15) is 0 Å². The third-order valence-corrected chi connectivity index (χ3v) is 3.48. The van der Waals surface area contributed by atoms with Gasteiger partial charge in [-0.25, -0.2) is 0 Å². The summed E-state index contributed by atoms with van der Waals surface area (Å²) < 4.78 is 0. The summed E-state index contributed by atoms with van der Waals surface area (Å²) >= 11 is 0. The van der Waals surface area contributed by atoms with Crippen LogP contribution in [0.4, 0.5) is 0 Å². The minimum absolute atomic E-state index is 0. The molecule has 12 nitrogen and oxygen atoms in total. The molecular formula is C18H50N12Pt2. The molecule has 0 aliphatic carbocycles. The van der Waals surface area contributed by atoms with Crippen molar-refractivity contribution < 1.29 is 42.1 Å². The zero-order valence-electron chi connectivity index (χ0n) is 19.6. The molecule has 14 heteroatoms. The second kappa shape index (κ2) is 69.7. The Balaban J connectivity index is -0.0000000326. The zero-order valence-corrected chi connectivity index (χ0v) is 24.1. The molecule has 0 aromatic rings. The molecule has 0 aliphatic rings. The second-order valence-corrected chi connectivity index (χ2v) is 5.99. The average Bonchev–Trinajstić information content (AvgIpc) is 2.66. The van der Waals surface area contributed by atoms with Crippen molar-refractivity contribution in [3.8, 4) is 0 Å². The molecule has 0 unspecified atom stereocenters. The number of nitrogens with two attached hydrogens (primary N) is 5. The number of hydrogen-bond donors (Lipinski definition) is 1. The summed E-state index contributed by atoms with van der Waals surface area (Å²) in [4.78, 5) is 2.64. The van der Waals surface area contributed by atoms with Crippen molar-refractivity contribution in [3.63, 3.8) is 0 Å². The summed E-state index contributed by atoms with van der Waals surface area (Å²) in [6, 6.07) is 0. The zero-order chi connectivity index (χ0) is 20.1. The van der Waals surface area contributed by atoms with Crippen LogP contribution in [-0.4, -0.2) is 39.3 Å². The molecule has 0 aromatic carbocycles. The number of hydrogen-bond acceptors (Lipinski definition) is 2. The van der Waals surface area contributed by atoms with Gasteiger partial charge in [-0.05, 0) is 24.9 Å². The van der Waals surface area contributed by atoms with Crippen LogP contribution in [0.3, 0.4) is 0 Å². The molecule has 0 heterocycles. The van der Waals surface area contributed by atoms with E-state index < -0.39 is 0 Å². The van der Waals surface area contributed by atoms with Gasteiger partial charge in [0.15, 0.2) is 0 Å². The Kier molecular flexibility index (Phi) is 127. The topological polar surface area (TPSA) is 304 Å². The molecule has 0 saturated heterocycles. The summed E-state index contributed by atoms with van der Waals surface area (Å²) in [5, 5.41) is 3.40. The minimum Gasteiger partial charge on any atom is -0.693 e. The van der Waals surface area contributed by atoms with Crippen molar-refractivity contribution in [3.05, 3.63) is 58.0 Å². The second-order valence-electron chi connectivity index (χ2n) is 5.99. The van der Waals surface area contributed by atoms with Crippen molar-refractivity contribution in [1.29, 1.82) is 0 Å². The molecule has 0 spiro atoms. The van der Waals surface area contributed by atoms with Gasteiger partial charge < -0.3 is 53.3 Å². The van der Waals surface area contributed by atoms with Crippen LogP contribution in [0.15, 0.2) is 5.11 Å². The fraction of sp³-hybridized carbons (Fsp3) is 1.00. The third-order valence-electron chi connectivity index (χ3n) is 3.48. The molecule has 14 N–H and O–H groups in total. The molecule has 32 heavy (non-hydrogen) atoms. The van der Waals surface area contributed by atoms with E-state index in [1.807, 2.05) is 0 Å². The van der Waals surface area contributed by atoms with Crippen LogP contribution >= 0.6 is 0 Å². The summed E-state index contributed by atoms with van der Waals surface area (Å²) in [5.74, 6) is 0. The maximum Gasteiger partial charge on any atom is 4.00 e. The normalized spacial score (nSPS) is 7.66. The largest absolute Gasteiger partial charge is 4.00 e. The van der Waals surface area contributed by atoms with Crippen LogP contribution < -0.4 is 5.73 Å². The molecule has 0 bridgehead atoms. The van der Waals surface area contributed by atoms with E-state index in [1.54, 1.807) is 0 Å². The van der Waals surface area contributed by atoms with Crippen LogP contribution in [0.1, 0.15) is 77.0 Å². The first-order valence-electron chi connectivity index (χ1n) is 10.0. The van der Waals surface area contributed by atoms with E-state index in [-0.39, 0.29) is 66.7 Å². The van der Waals surface area contributed by atoms with Crippen molar-refractivity contribution in [1.82, 2.24) is 0 Å². The first-order valence-corrected chi connectivity index (χ1v) is 10.0. The van der Waals surface area contributed by atoms with Gasteiger partial charge in [-0.3, -0.25) is 0 Å². The molecule has 0 saturated carbocycles. The summed E-state index contributed by atoms with van der Waals surface area (Å²) in [6.45, 7) is 3.61. The van der Waals surface area contributed by atoms with Crippen LogP contribution in [0, 0.1) is 0 Å². The monoisotopic (exact) mass is 824 g/mol. The van der Waals surface area contributed by atoms with E-state index in [4.69, 9.17) is 34.2 Å². The molecule has 0 aliphatic heterocycles. The Hall–Kier alpha value is 0.327. The summed E-state index contributed by atoms with van der Waals surface area (Å²) in [5.41, 5.74) is 40.4. The van der Waals surface area contributed by atoms with Crippen molar-refractivity contribution in [2.75, 3.05) is 39.3 Å². The van der Waals surface area contributed by atoms with Crippen LogP contribution in [-0.2, 0) is 42.1 Å². The van der Waals surface area contributed by atoms with Gasteiger partial charge in [-0.15, -0.1) is 0 Å². The SMILES string of the molecule is [N-]=[N+]=NCCCCCC[NH-].[NH-]CCCCCCN.[NH-]CCCCCC[NH-].[NH2-].[NH2-].[NH2-].[NH2-].[Pt+4].[Pt+4]. The molecule has 0 radical (unpaired) electrons. The van der Waals surface area contributed by atoms with Gasteiger partial charge in [0, 0.05) is 11.5 Å². The standard InChI is InChI=1S/C6H13N4.C6H15N2.C6H14N2.4H2N.2Pt/c7-5-3-1-2-4-6-9-10-8;2*7-5-3-1-2-4-6-8;;;;;;/h7H,1-6H2;7H,1-6,8H2;7-8H,1-6H2;4*1H2;;/q2*-1;-2;4*-1;2*+4. The van der Waals surface area contributed by atoms with Crippen LogP contribution in [0.25, 0.3) is 58.0 Å². The smallest absolute Gasteiger partial charge is 0.693 e. The fourth-order valence-electron chi connectivity index (χ4n) is 1.93. The molecular weight excluding hydrogens is 774 g/mol. The van der Waals surface area contributed by atoms with Crippen molar-refractivity contribution in [2.24, 2.45) is 10.8 Å². The molecule has 202 valence electrons. The van der Waals surface area contributed by atoms with Gasteiger partial charge in [-0.1, -0.05) is 69.3 Å². The molecule has 0 aromatic heterocycles. The predicted octanol–water partition coefficient (Wildman–Crippen LogP) is 9.98. The van der Waals surface area contributed by atoms with Gasteiger partial charge in [0.25, 0.3) is 0 Å². The molecule has 0 amide bonds. The fourth-order valence-corrected chi connectivity index (χ4v) is 1.93. The van der Waals surface area contributed by atoms with E-state index in [1.165, 1.54) is 12.8 Å². The Morgan fingerprint density at radius 2 is 0.812 bits per heavy atom. The average molecular weight is 825 g/mol. The number of nitrogens with zero attached hydrogens (tertiary/aromatic N) is 3. The van der Waals surface area contributed by atoms with Gasteiger partial charge in [0.05, 0.1) is 0 Å². The Labute approximate surface area is 226 Å². The van der Waals surface area contributed by atoms with E-state index in [9.17, 15) is 0 Å². The number of unbranched alkanes of at least 4 members (excludes halogenated alkanes) is 9. The maximum absolute atomic E-state index is 7.90. The van der Waals surface area contributed by atoms with E-state index in [0.29, 0.717) is 32.7 Å². The first kappa shape index (κ1) is 58.3. The van der Waals surface area contributed by atoms with Gasteiger partial charge in [0.2, 0.25) is 0 Å². The van der Waals surface area contributed by atoms with Crippen LogP contribution in [0.2, 0.25) is 0 Å². The predicted molar refractivity (Wildman–Crippen MR) is 136 cm³/mol. The molecule has 0 atom stereocenters. The number of rotatable bonds is 16.